The van der Waals surface area contributed by atoms with Crippen molar-refractivity contribution in [2.75, 3.05) is 6.61 Å². The molecule has 0 aromatic heterocycles. The largest absolute Gasteiger partial charge is 1.00 e. The molecular formula is C12H25NaO3P-. The summed E-state index contributed by atoms with van der Waals surface area (Å²) in [5.41, 5.74) is 0. The van der Waals surface area contributed by atoms with Crippen molar-refractivity contribution in [3.63, 3.8) is 0 Å². The molecule has 0 aliphatic rings. The van der Waals surface area contributed by atoms with Crippen LogP contribution in [0.15, 0.2) is 0 Å². The van der Waals surface area contributed by atoms with Crippen LogP contribution in [0.5, 0.6) is 0 Å². The molecule has 17 heavy (non-hydrogen) atoms. The SMILES string of the molecule is CCCCCCCCCCCCOP([O-])[O-].[Na+]. The molecule has 0 aliphatic heterocycles. The maximum atomic E-state index is 10.1. The molecule has 0 fully saturated rings. The smallest absolute Gasteiger partial charge is 0.820 e. The summed E-state index contributed by atoms with van der Waals surface area (Å²) in [6.07, 6.45) is 12.5. The van der Waals surface area contributed by atoms with E-state index in [1.165, 1.54) is 51.4 Å². The zero-order valence-corrected chi connectivity index (χ0v) is 14.3. The third-order valence-electron chi connectivity index (χ3n) is 2.69. The Bertz CT molecular complexity index is 137. The van der Waals surface area contributed by atoms with Crippen molar-refractivity contribution in [3.05, 3.63) is 0 Å². The normalized spacial score (nSPS) is 10.6. The summed E-state index contributed by atoms with van der Waals surface area (Å²) in [7, 11) is -2.64. The number of unbranched alkanes of at least 4 members (excludes halogenated alkanes) is 9. The van der Waals surface area contributed by atoms with Crippen LogP contribution in [0.25, 0.3) is 0 Å². The molecule has 0 N–H and O–H groups in total. The molecule has 5 heteroatoms. The van der Waals surface area contributed by atoms with Crippen molar-refractivity contribution in [1.29, 1.82) is 0 Å². The first-order valence-electron chi connectivity index (χ1n) is 6.54. The Kier molecular flexibility index (Phi) is 21.0. The molecule has 0 atom stereocenters. The molecule has 0 amide bonds. The standard InChI is InChI=1S/C12H25O3P.Na/c1-2-3-4-5-6-7-8-9-10-11-12-15-16(13)14;/h2-12H2,1H3;/q-2;+1. The summed E-state index contributed by atoms with van der Waals surface area (Å²) >= 11 is 0. The maximum absolute atomic E-state index is 10.1. The molecular weight excluding hydrogens is 246 g/mol. The molecule has 0 spiro atoms. The van der Waals surface area contributed by atoms with Crippen molar-refractivity contribution < 1.29 is 43.9 Å². The number of hydrogen-bond donors (Lipinski definition) is 0. The van der Waals surface area contributed by atoms with Crippen molar-refractivity contribution in [2.45, 2.75) is 71.1 Å². The van der Waals surface area contributed by atoms with E-state index in [-0.39, 0.29) is 29.6 Å². The van der Waals surface area contributed by atoms with Gasteiger partial charge < -0.3 is 14.3 Å². The van der Waals surface area contributed by atoms with Crippen LogP contribution in [0.4, 0.5) is 0 Å². The van der Waals surface area contributed by atoms with Crippen LogP contribution in [-0.2, 0) is 4.52 Å². The summed E-state index contributed by atoms with van der Waals surface area (Å²) in [4.78, 5) is 20.1. The first kappa shape index (κ1) is 20.6. The molecule has 0 heterocycles. The Morgan fingerprint density at radius 2 is 1.18 bits per heavy atom. The molecule has 0 radical (unpaired) electrons. The predicted molar refractivity (Wildman–Crippen MR) is 64.7 cm³/mol. The summed E-state index contributed by atoms with van der Waals surface area (Å²) in [5, 5.41) is 0. The minimum Gasteiger partial charge on any atom is -0.820 e. The molecule has 0 saturated heterocycles. The van der Waals surface area contributed by atoms with Gasteiger partial charge in [-0.1, -0.05) is 64.7 Å². The van der Waals surface area contributed by atoms with Gasteiger partial charge in [-0.3, -0.25) is 0 Å². The number of hydrogen-bond acceptors (Lipinski definition) is 3. The van der Waals surface area contributed by atoms with Crippen LogP contribution in [0.2, 0.25) is 0 Å². The van der Waals surface area contributed by atoms with Gasteiger partial charge in [0.15, 0.2) is 0 Å². The molecule has 0 saturated carbocycles. The minimum atomic E-state index is -2.64. The van der Waals surface area contributed by atoms with E-state index in [0.29, 0.717) is 6.61 Å². The second kappa shape index (κ2) is 17.3. The van der Waals surface area contributed by atoms with E-state index in [4.69, 9.17) is 0 Å². The molecule has 0 bridgehead atoms. The zero-order valence-electron chi connectivity index (χ0n) is 11.5. The molecule has 0 aliphatic carbocycles. The van der Waals surface area contributed by atoms with Gasteiger partial charge in [-0.2, -0.15) is 8.60 Å². The molecule has 0 rings (SSSR count). The van der Waals surface area contributed by atoms with E-state index in [9.17, 15) is 9.79 Å². The monoisotopic (exact) mass is 271 g/mol. The second-order valence-corrected chi connectivity index (χ2v) is 4.94. The summed E-state index contributed by atoms with van der Waals surface area (Å²) in [6.45, 7) is 2.59. The third-order valence-corrected chi connectivity index (χ3v) is 3.09. The Balaban J connectivity index is 0. The van der Waals surface area contributed by atoms with Crippen LogP contribution < -0.4 is 39.3 Å². The molecule has 98 valence electrons. The zero-order chi connectivity index (χ0) is 12.1. The summed E-state index contributed by atoms with van der Waals surface area (Å²) < 4.78 is 4.47. The average Bonchev–Trinajstić information content (AvgIpc) is 2.25. The van der Waals surface area contributed by atoms with Crippen molar-refractivity contribution in [1.82, 2.24) is 0 Å². The van der Waals surface area contributed by atoms with Crippen LogP contribution in [0.1, 0.15) is 71.1 Å². The fourth-order valence-corrected chi connectivity index (χ4v) is 2.01. The minimum absolute atomic E-state index is 0. The van der Waals surface area contributed by atoms with E-state index in [2.05, 4.69) is 11.4 Å². The topological polar surface area (TPSA) is 55.3 Å². The van der Waals surface area contributed by atoms with Crippen molar-refractivity contribution >= 4 is 8.60 Å². The molecule has 0 unspecified atom stereocenters. The van der Waals surface area contributed by atoms with Gasteiger partial charge in [0.05, 0.1) is 0 Å². The van der Waals surface area contributed by atoms with E-state index in [0.717, 1.165) is 12.8 Å². The Morgan fingerprint density at radius 1 is 0.765 bits per heavy atom. The van der Waals surface area contributed by atoms with Crippen LogP contribution in [-0.4, -0.2) is 6.61 Å². The van der Waals surface area contributed by atoms with E-state index in [1.807, 2.05) is 0 Å². The Labute approximate surface area is 130 Å². The van der Waals surface area contributed by atoms with Gasteiger partial charge in [-0.25, -0.2) is 0 Å². The fourth-order valence-electron chi connectivity index (χ4n) is 1.73. The second-order valence-electron chi connectivity index (χ2n) is 4.24. The Morgan fingerprint density at radius 3 is 1.59 bits per heavy atom. The van der Waals surface area contributed by atoms with Gasteiger partial charge in [0.2, 0.25) is 0 Å². The summed E-state index contributed by atoms with van der Waals surface area (Å²) in [5.74, 6) is 0. The third kappa shape index (κ3) is 19.8. The molecule has 0 aromatic carbocycles. The van der Waals surface area contributed by atoms with E-state index in [1.54, 1.807) is 0 Å². The fraction of sp³-hybridized carbons (Fsp3) is 1.00. The van der Waals surface area contributed by atoms with Gasteiger partial charge in [-0.05, 0) is 6.42 Å². The number of rotatable bonds is 12. The van der Waals surface area contributed by atoms with Gasteiger partial charge in [0, 0.05) is 6.61 Å². The van der Waals surface area contributed by atoms with E-state index >= 15 is 0 Å². The maximum Gasteiger partial charge on any atom is 1.00 e. The van der Waals surface area contributed by atoms with Gasteiger partial charge in [-0.15, -0.1) is 0 Å². The first-order valence-corrected chi connectivity index (χ1v) is 7.64. The Hall–Kier alpha value is 1.31. The first-order chi connectivity index (χ1) is 7.77. The van der Waals surface area contributed by atoms with Gasteiger partial charge in [0.1, 0.15) is 0 Å². The molecule has 0 aromatic rings. The predicted octanol–water partition coefficient (Wildman–Crippen LogP) is -0.125. The average molecular weight is 271 g/mol. The quantitative estimate of drug-likeness (QED) is 0.282. The van der Waals surface area contributed by atoms with Gasteiger partial charge >= 0.3 is 29.6 Å². The van der Waals surface area contributed by atoms with Crippen LogP contribution in [0, 0.1) is 0 Å². The molecule has 3 nitrogen and oxygen atoms in total. The van der Waals surface area contributed by atoms with Crippen molar-refractivity contribution in [3.8, 4) is 0 Å². The van der Waals surface area contributed by atoms with E-state index < -0.39 is 8.60 Å². The summed E-state index contributed by atoms with van der Waals surface area (Å²) in [6, 6.07) is 0. The van der Waals surface area contributed by atoms with Crippen LogP contribution in [0.3, 0.4) is 0 Å². The van der Waals surface area contributed by atoms with Crippen molar-refractivity contribution in [2.24, 2.45) is 0 Å². The van der Waals surface area contributed by atoms with Crippen LogP contribution >= 0.6 is 8.60 Å². The van der Waals surface area contributed by atoms with Gasteiger partial charge in [0.25, 0.3) is 0 Å².